The maximum Gasteiger partial charge on any atom is 0.303 e. The van der Waals surface area contributed by atoms with E-state index in [1.807, 2.05) is 6.08 Å². The van der Waals surface area contributed by atoms with Crippen LogP contribution in [-0.2, 0) is 15.1 Å². The summed E-state index contributed by atoms with van der Waals surface area (Å²) in [6, 6.07) is 0.271. The number of fused-ring (bicyclic) bond motifs is 1. The van der Waals surface area contributed by atoms with Gasteiger partial charge in [-0.15, -0.1) is 0 Å². The lowest BCUT2D eigenvalue weighted by Gasteiger charge is -2.22. The zero-order chi connectivity index (χ0) is 17.2. The standard InChI is InChI=1S/C17H23NO4S.HI/c1-12-17(2,3)14-11-13(23(21)22)8-9-15(14)18(12)10-6-4-5-7-16(19)20;/h8-9,11-12H,4-7,10H2,1-3H3;1H. The van der Waals surface area contributed by atoms with Crippen molar-refractivity contribution in [3.05, 3.63) is 23.8 Å². The van der Waals surface area contributed by atoms with Crippen molar-refractivity contribution in [3.63, 3.8) is 0 Å². The van der Waals surface area contributed by atoms with E-state index in [9.17, 15) is 13.2 Å². The van der Waals surface area contributed by atoms with E-state index in [-0.39, 0.29) is 41.9 Å². The number of hydrogen-bond donors (Lipinski definition) is 1. The average Bonchev–Trinajstić information content (AvgIpc) is 2.67. The maximum atomic E-state index is 11.2. The fraction of sp³-hybridized carbons (Fsp3) is 0.588. The lowest BCUT2D eigenvalue weighted by molar-refractivity contribution is -0.565. The lowest BCUT2D eigenvalue weighted by Crippen LogP contribution is -3.00. The lowest BCUT2D eigenvalue weighted by atomic mass is 9.77. The molecule has 2 rings (SSSR count). The number of carboxylic acid groups (broad SMARTS) is 1. The van der Waals surface area contributed by atoms with Gasteiger partial charge < -0.3 is 29.1 Å². The third-order valence-electron chi connectivity index (χ3n) is 4.97. The first-order valence-electron chi connectivity index (χ1n) is 7.97. The van der Waals surface area contributed by atoms with Gasteiger partial charge in [-0.25, -0.2) is 4.58 Å². The predicted molar refractivity (Wildman–Crippen MR) is 90.6 cm³/mol. The number of rotatable bonds is 6. The van der Waals surface area contributed by atoms with Crippen LogP contribution >= 0.6 is 0 Å². The van der Waals surface area contributed by atoms with Crippen molar-refractivity contribution in [1.29, 1.82) is 0 Å². The molecule has 1 unspecified atom stereocenters. The van der Waals surface area contributed by atoms with Crippen molar-refractivity contribution in [2.75, 3.05) is 6.54 Å². The molecule has 24 heavy (non-hydrogen) atoms. The normalized spacial score (nSPS) is 21.2. The van der Waals surface area contributed by atoms with Crippen LogP contribution < -0.4 is 24.0 Å². The van der Waals surface area contributed by atoms with Crippen LogP contribution in [-0.4, -0.2) is 47.2 Å². The van der Waals surface area contributed by atoms with Crippen molar-refractivity contribution in [2.45, 2.75) is 52.5 Å². The Hall–Kier alpha value is -0.960. The molecule has 1 aliphatic carbocycles. The second kappa shape index (κ2) is 8.42. The van der Waals surface area contributed by atoms with Crippen molar-refractivity contribution in [3.8, 4) is 0 Å². The summed E-state index contributed by atoms with van der Waals surface area (Å²) in [5, 5.41) is 8.68. The summed E-state index contributed by atoms with van der Waals surface area (Å²) in [5.74, 6) is -0.746. The zero-order valence-electron chi connectivity index (χ0n) is 14.3. The van der Waals surface area contributed by atoms with Crippen LogP contribution in [0.15, 0.2) is 23.8 Å². The topological polar surface area (TPSA) is 74.5 Å². The molecule has 0 bridgehead atoms. The van der Waals surface area contributed by atoms with E-state index >= 15 is 0 Å². The van der Waals surface area contributed by atoms with Gasteiger partial charge in [-0.3, -0.25) is 4.79 Å². The Labute approximate surface area is 161 Å². The Morgan fingerprint density at radius 1 is 1.25 bits per heavy atom. The van der Waals surface area contributed by atoms with Crippen LogP contribution in [0.2, 0.25) is 0 Å². The minimum atomic E-state index is -2.21. The average molecular weight is 465 g/mol. The summed E-state index contributed by atoms with van der Waals surface area (Å²) in [6.07, 6.45) is 8.05. The number of carbonyl (C=O) groups is 1. The minimum Gasteiger partial charge on any atom is -1.00 e. The highest BCUT2D eigenvalue weighted by atomic mass is 127. The predicted octanol–water partition coefficient (Wildman–Crippen LogP) is -0.935. The molecule has 0 spiro atoms. The maximum absolute atomic E-state index is 11.2. The van der Waals surface area contributed by atoms with Crippen molar-refractivity contribution in [1.82, 2.24) is 0 Å². The van der Waals surface area contributed by atoms with Crippen LogP contribution in [0, 0.1) is 5.41 Å². The molecular formula is C17H24INO4S. The molecule has 0 amide bonds. The Balaban J connectivity index is 0.00000288. The minimum absolute atomic E-state index is 0. The van der Waals surface area contributed by atoms with Gasteiger partial charge in [0.05, 0.1) is 10.3 Å². The van der Waals surface area contributed by atoms with Crippen molar-refractivity contribution < 1.29 is 46.9 Å². The molecule has 5 nitrogen and oxygen atoms in total. The van der Waals surface area contributed by atoms with E-state index in [2.05, 4.69) is 25.3 Å². The molecule has 0 radical (unpaired) electrons. The van der Waals surface area contributed by atoms with E-state index in [0.717, 1.165) is 30.7 Å². The smallest absolute Gasteiger partial charge is 0.303 e. The van der Waals surface area contributed by atoms with E-state index in [0.29, 0.717) is 11.3 Å². The van der Waals surface area contributed by atoms with Crippen LogP contribution in [0.5, 0.6) is 0 Å². The summed E-state index contributed by atoms with van der Waals surface area (Å²) >= 11 is 0. The Bertz CT molecular complexity index is 737. The van der Waals surface area contributed by atoms with Gasteiger partial charge in [0.15, 0.2) is 6.04 Å². The highest BCUT2D eigenvalue weighted by Gasteiger charge is 2.48. The largest absolute Gasteiger partial charge is 1.00 e. The Morgan fingerprint density at radius 2 is 1.92 bits per heavy atom. The molecular weight excluding hydrogens is 441 g/mol. The van der Waals surface area contributed by atoms with Gasteiger partial charge in [-0.1, -0.05) is 0 Å². The molecule has 2 aliphatic rings. The van der Waals surface area contributed by atoms with E-state index < -0.39 is 16.3 Å². The summed E-state index contributed by atoms with van der Waals surface area (Å²) in [4.78, 5) is 10.9. The summed E-state index contributed by atoms with van der Waals surface area (Å²) < 4.78 is 24.7. The van der Waals surface area contributed by atoms with Crippen molar-refractivity contribution >= 4 is 26.8 Å². The fourth-order valence-corrected chi connectivity index (χ4v) is 3.65. The molecule has 1 heterocycles. The molecule has 0 aromatic heterocycles. The SMILES string of the molecule is CC1[N+](CCCCCC(=O)O)=C2C=CC(=S(=O)=O)C=C2C1(C)C.[I-]. The van der Waals surface area contributed by atoms with Gasteiger partial charge in [-0.05, 0) is 45.8 Å². The second-order valence-electron chi connectivity index (χ2n) is 6.71. The molecule has 1 atom stereocenters. The molecule has 1 aliphatic heterocycles. The van der Waals surface area contributed by atoms with Gasteiger partial charge in [0, 0.05) is 24.5 Å². The van der Waals surface area contributed by atoms with Crippen LogP contribution in [0.25, 0.3) is 0 Å². The number of unbranched alkanes of at least 4 members (excludes halogenated alkanes) is 2. The number of hydrogen-bond acceptors (Lipinski definition) is 3. The monoisotopic (exact) mass is 465 g/mol. The molecule has 7 heteroatoms. The molecule has 0 aromatic carbocycles. The molecule has 0 saturated carbocycles. The summed E-state index contributed by atoms with van der Waals surface area (Å²) in [5.41, 5.74) is 2.04. The third kappa shape index (κ3) is 4.36. The van der Waals surface area contributed by atoms with Crippen LogP contribution in [0.3, 0.4) is 0 Å². The van der Waals surface area contributed by atoms with Crippen LogP contribution in [0.4, 0.5) is 0 Å². The van der Waals surface area contributed by atoms with Gasteiger partial charge in [-0.2, -0.15) is 8.42 Å². The number of allylic oxidation sites excluding steroid dienone is 3. The van der Waals surface area contributed by atoms with E-state index in [4.69, 9.17) is 5.11 Å². The van der Waals surface area contributed by atoms with Gasteiger partial charge >= 0.3 is 5.97 Å². The first kappa shape index (κ1) is 21.1. The quantitative estimate of drug-likeness (QED) is 0.238. The first-order chi connectivity index (χ1) is 10.7. The van der Waals surface area contributed by atoms with Gasteiger partial charge in [0.2, 0.25) is 16.0 Å². The number of nitrogens with zero attached hydrogens (tertiary/aromatic N) is 1. The molecule has 134 valence electrons. The van der Waals surface area contributed by atoms with E-state index in [1.54, 1.807) is 12.2 Å². The molecule has 1 N–H and O–H groups in total. The van der Waals surface area contributed by atoms with Gasteiger partial charge in [0.1, 0.15) is 6.54 Å². The zero-order valence-corrected chi connectivity index (χ0v) is 17.2. The highest BCUT2D eigenvalue weighted by molar-refractivity contribution is 7.73. The molecule has 0 aromatic rings. The van der Waals surface area contributed by atoms with E-state index in [1.165, 1.54) is 0 Å². The second-order valence-corrected chi connectivity index (χ2v) is 7.65. The third-order valence-corrected chi connectivity index (χ3v) is 5.60. The first-order valence-corrected chi connectivity index (χ1v) is 9.05. The van der Waals surface area contributed by atoms with Crippen LogP contribution in [0.1, 0.15) is 46.5 Å². The summed E-state index contributed by atoms with van der Waals surface area (Å²) in [6.45, 7) is 7.29. The Morgan fingerprint density at radius 3 is 2.50 bits per heavy atom. The van der Waals surface area contributed by atoms with Gasteiger partial charge in [0.25, 0.3) is 0 Å². The fourth-order valence-electron chi connectivity index (χ4n) is 3.26. The number of carboxylic acids is 1. The summed E-state index contributed by atoms with van der Waals surface area (Å²) in [7, 11) is -2.21. The highest BCUT2D eigenvalue weighted by Crippen LogP contribution is 2.40. The molecule has 0 saturated heterocycles. The Kier molecular flexibility index (Phi) is 7.40. The number of halogens is 1. The van der Waals surface area contributed by atoms with Crippen molar-refractivity contribution in [2.24, 2.45) is 5.41 Å². The molecule has 0 fully saturated rings. The number of aliphatic carboxylic acids is 1.